The lowest BCUT2D eigenvalue weighted by atomic mass is 10.2. The van der Waals surface area contributed by atoms with Gasteiger partial charge >= 0.3 is 6.18 Å². The van der Waals surface area contributed by atoms with Gasteiger partial charge in [-0.2, -0.15) is 18.3 Å². The fraction of sp³-hybridized carbons (Fsp3) is 0.100. The van der Waals surface area contributed by atoms with Crippen LogP contribution in [0.2, 0.25) is 0 Å². The Hall–Kier alpha value is -4.02. The molecule has 0 spiro atoms. The molecule has 7 nitrogen and oxygen atoms in total. The molecule has 1 amide bonds. The number of anilines is 1. The molecule has 11 heteroatoms. The fourth-order valence-electron chi connectivity index (χ4n) is 2.95. The van der Waals surface area contributed by atoms with Crippen molar-refractivity contribution in [2.24, 2.45) is 0 Å². The Balaban J connectivity index is 1.62. The molecule has 2 aromatic carbocycles. The Morgan fingerprint density at radius 2 is 1.84 bits per heavy atom. The number of carbonyl (C=O) groups excluding carboxylic acids is 1. The number of benzene rings is 2. The average molecular weight is 431 g/mol. The molecule has 0 aliphatic rings. The summed E-state index contributed by atoms with van der Waals surface area (Å²) in [7, 11) is 0. The van der Waals surface area contributed by atoms with Crippen LogP contribution >= 0.6 is 0 Å². The number of nitrogens with one attached hydrogen (secondary N) is 1. The number of fused-ring (bicyclic) bond motifs is 1. The molecule has 0 aliphatic carbocycles. The van der Waals surface area contributed by atoms with E-state index >= 15 is 0 Å². The maximum absolute atomic E-state index is 13.0. The molecule has 4 rings (SSSR count). The van der Waals surface area contributed by atoms with Crippen LogP contribution in [0, 0.1) is 5.82 Å². The van der Waals surface area contributed by atoms with Crippen LogP contribution in [0.5, 0.6) is 0 Å². The Bertz CT molecular complexity index is 1330. The predicted molar refractivity (Wildman–Crippen MR) is 103 cm³/mol. The normalized spacial score (nSPS) is 11.6. The van der Waals surface area contributed by atoms with Crippen molar-refractivity contribution in [1.82, 2.24) is 19.3 Å². The summed E-state index contributed by atoms with van der Waals surface area (Å²) in [5.74, 6) is -0.998. The summed E-state index contributed by atoms with van der Waals surface area (Å²) in [6.07, 6.45) is -2.24. The highest BCUT2D eigenvalue weighted by atomic mass is 19.4. The predicted octanol–water partition coefficient (Wildman–Crippen LogP) is 3.38. The highest BCUT2D eigenvalue weighted by molar-refractivity contribution is 5.90. The van der Waals surface area contributed by atoms with Crippen molar-refractivity contribution in [3.8, 4) is 5.69 Å². The second-order valence-corrected chi connectivity index (χ2v) is 6.57. The van der Waals surface area contributed by atoms with E-state index in [9.17, 15) is 27.2 Å². The van der Waals surface area contributed by atoms with E-state index in [1.54, 1.807) is 0 Å². The molecule has 0 atom stereocenters. The summed E-state index contributed by atoms with van der Waals surface area (Å²) in [5.41, 5.74) is -0.953. The third-order valence-electron chi connectivity index (χ3n) is 4.41. The summed E-state index contributed by atoms with van der Waals surface area (Å²) in [5, 5.41) is 6.54. The number of aromatic nitrogens is 4. The van der Waals surface area contributed by atoms with E-state index in [0.717, 1.165) is 27.7 Å². The van der Waals surface area contributed by atoms with Crippen molar-refractivity contribution in [3.05, 3.63) is 82.8 Å². The maximum atomic E-state index is 13.0. The Morgan fingerprint density at radius 3 is 2.55 bits per heavy atom. The van der Waals surface area contributed by atoms with Crippen LogP contribution in [0.4, 0.5) is 23.2 Å². The second-order valence-electron chi connectivity index (χ2n) is 6.57. The van der Waals surface area contributed by atoms with E-state index in [1.807, 2.05) is 0 Å². The van der Waals surface area contributed by atoms with Crippen LogP contribution in [-0.4, -0.2) is 25.2 Å². The zero-order valence-corrected chi connectivity index (χ0v) is 15.6. The molecule has 0 saturated carbocycles. The standard InChI is InChI=1S/C20H13F4N5O2/c21-13-4-6-14(7-5-13)27-17(30)10-28-11-25-18-16(19(28)31)9-26-29(18)15-3-1-2-12(8-15)20(22,23)24/h1-9,11H,10H2,(H,27,30). The van der Waals surface area contributed by atoms with E-state index in [4.69, 9.17) is 0 Å². The van der Waals surface area contributed by atoms with Gasteiger partial charge in [-0.3, -0.25) is 14.2 Å². The Labute approximate surface area is 171 Å². The second kappa shape index (κ2) is 7.67. The quantitative estimate of drug-likeness (QED) is 0.503. The van der Waals surface area contributed by atoms with Gasteiger partial charge in [-0.25, -0.2) is 14.1 Å². The molecule has 2 heterocycles. The number of rotatable bonds is 4. The molecule has 2 aromatic heterocycles. The van der Waals surface area contributed by atoms with E-state index < -0.39 is 29.0 Å². The van der Waals surface area contributed by atoms with Gasteiger partial charge in [0, 0.05) is 5.69 Å². The molecule has 0 saturated heterocycles. The van der Waals surface area contributed by atoms with Gasteiger partial charge in [0.25, 0.3) is 5.56 Å². The van der Waals surface area contributed by atoms with Gasteiger partial charge in [-0.15, -0.1) is 0 Å². The third kappa shape index (κ3) is 4.15. The summed E-state index contributed by atoms with van der Waals surface area (Å²) >= 11 is 0. The van der Waals surface area contributed by atoms with E-state index in [2.05, 4.69) is 15.4 Å². The number of nitrogens with zero attached hydrogens (tertiary/aromatic N) is 4. The average Bonchev–Trinajstić information content (AvgIpc) is 3.16. The van der Waals surface area contributed by atoms with Gasteiger partial charge in [0.05, 0.1) is 17.4 Å². The first-order chi connectivity index (χ1) is 14.7. The number of amides is 1. The van der Waals surface area contributed by atoms with Crippen LogP contribution < -0.4 is 10.9 Å². The van der Waals surface area contributed by atoms with Crippen molar-refractivity contribution in [3.63, 3.8) is 0 Å². The van der Waals surface area contributed by atoms with Crippen molar-refractivity contribution in [1.29, 1.82) is 0 Å². The highest BCUT2D eigenvalue weighted by Crippen LogP contribution is 2.30. The molecule has 0 aliphatic heterocycles. The minimum atomic E-state index is -4.53. The van der Waals surface area contributed by atoms with Crippen molar-refractivity contribution in [2.45, 2.75) is 12.7 Å². The number of halogens is 4. The van der Waals surface area contributed by atoms with Gasteiger partial charge in [0.2, 0.25) is 5.91 Å². The lowest BCUT2D eigenvalue weighted by Crippen LogP contribution is -2.27. The third-order valence-corrected chi connectivity index (χ3v) is 4.41. The molecule has 0 unspecified atom stereocenters. The lowest BCUT2D eigenvalue weighted by molar-refractivity contribution is -0.137. The molecule has 0 radical (unpaired) electrons. The first-order valence-corrected chi connectivity index (χ1v) is 8.88. The minimum absolute atomic E-state index is 0.0366. The summed E-state index contributed by atoms with van der Waals surface area (Å²) in [4.78, 5) is 29.0. The van der Waals surface area contributed by atoms with Crippen LogP contribution in [0.1, 0.15) is 5.56 Å². The molecule has 1 N–H and O–H groups in total. The van der Waals surface area contributed by atoms with Crippen molar-refractivity contribution < 1.29 is 22.4 Å². The van der Waals surface area contributed by atoms with Crippen LogP contribution in [0.3, 0.4) is 0 Å². The number of alkyl halides is 3. The van der Waals surface area contributed by atoms with E-state index in [1.165, 1.54) is 42.6 Å². The molecule has 158 valence electrons. The van der Waals surface area contributed by atoms with Crippen molar-refractivity contribution in [2.75, 3.05) is 5.32 Å². The van der Waals surface area contributed by atoms with E-state index in [-0.39, 0.29) is 23.3 Å². The van der Waals surface area contributed by atoms with Crippen LogP contribution in [0.15, 0.2) is 65.8 Å². The summed E-state index contributed by atoms with van der Waals surface area (Å²) in [6.45, 7) is -0.367. The monoisotopic (exact) mass is 431 g/mol. The molecule has 4 aromatic rings. The molecule has 31 heavy (non-hydrogen) atoms. The zero-order valence-electron chi connectivity index (χ0n) is 15.6. The number of hydrogen-bond donors (Lipinski definition) is 1. The number of hydrogen-bond acceptors (Lipinski definition) is 4. The summed E-state index contributed by atoms with van der Waals surface area (Å²) in [6, 6.07) is 9.56. The van der Waals surface area contributed by atoms with Crippen LogP contribution in [0.25, 0.3) is 16.7 Å². The SMILES string of the molecule is O=C(Cn1cnc2c(cnn2-c2cccc(C(F)(F)F)c2)c1=O)Nc1ccc(F)cc1. The van der Waals surface area contributed by atoms with Gasteiger partial charge < -0.3 is 5.32 Å². The lowest BCUT2D eigenvalue weighted by Gasteiger charge is -2.10. The largest absolute Gasteiger partial charge is 0.416 e. The first kappa shape index (κ1) is 20.3. The molecule has 0 fully saturated rings. The van der Waals surface area contributed by atoms with Gasteiger partial charge in [-0.1, -0.05) is 6.07 Å². The minimum Gasteiger partial charge on any atom is -0.325 e. The Morgan fingerprint density at radius 1 is 1.10 bits per heavy atom. The molecular formula is C20H13F4N5O2. The molecular weight excluding hydrogens is 418 g/mol. The summed E-state index contributed by atoms with van der Waals surface area (Å²) < 4.78 is 54.1. The van der Waals surface area contributed by atoms with Crippen LogP contribution in [-0.2, 0) is 17.5 Å². The smallest absolute Gasteiger partial charge is 0.325 e. The van der Waals surface area contributed by atoms with Crippen molar-refractivity contribution >= 4 is 22.6 Å². The maximum Gasteiger partial charge on any atom is 0.416 e. The highest BCUT2D eigenvalue weighted by Gasteiger charge is 2.30. The topological polar surface area (TPSA) is 81.8 Å². The van der Waals surface area contributed by atoms with Gasteiger partial charge in [-0.05, 0) is 42.5 Å². The first-order valence-electron chi connectivity index (χ1n) is 8.88. The fourth-order valence-corrected chi connectivity index (χ4v) is 2.95. The number of carbonyl (C=O) groups is 1. The molecule has 0 bridgehead atoms. The van der Waals surface area contributed by atoms with Gasteiger partial charge in [0.15, 0.2) is 5.65 Å². The Kier molecular flexibility index (Phi) is 5.01. The zero-order chi connectivity index (χ0) is 22.2. The van der Waals surface area contributed by atoms with E-state index in [0.29, 0.717) is 5.69 Å². The van der Waals surface area contributed by atoms with Gasteiger partial charge in [0.1, 0.15) is 24.1 Å².